The van der Waals surface area contributed by atoms with E-state index in [1.807, 2.05) is 53.2 Å². The summed E-state index contributed by atoms with van der Waals surface area (Å²) in [4.78, 5) is 27.4. The van der Waals surface area contributed by atoms with E-state index < -0.39 is 0 Å². The van der Waals surface area contributed by atoms with Crippen LogP contribution in [-0.4, -0.2) is 54.4 Å². The highest BCUT2D eigenvalue weighted by atomic mass is 16.5. The van der Waals surface area contributed by atoms with Crippen molar-refractivity contribution in [2.75, 3.05) is 27.9 Å². The van der Waals surface area contributed by atoms with E-state index in [1.165, 1.54) is 7.11 Å². The number of nitrogens with zero attached hydrogens (tertiary/aromatic N) is 3. The normalized spacial score (nSPS) is 16.8. The molecule has 3 aromatic rings. The minimum atomic E-state index is -0.386. The Hall–Kier alpha value is -4.33. The summed E-state index contributed by atoms with van der Waals surface area (Å²) in [6, 6.07) is 13.1. The van der Waals surface area contributed by atoms with Crippen LogP contribution in [0.1, 0.15) is 49.7 Å². The molecule has 3 heterocycles. The largest absolute Gasteiger partial charge is 0.493 e. The minimum Gasteiger partial charge on any atom is -0.493 e. The summed E-state index contributed by atoms with van der Waals surface area (Å²) in [6.07, 6.45) is 8.44. The number of esters is 1. The first-order chi connectivity index (χ1) is 18.0. The fourth-order valence-electron chi connectivity index (χ4n) is 4.82. The number of methoxy groups -OCH3 is 3. The topological polar surface area (TPSA) is 82.9 Å². The number of benzene rings is 2. The SMILES string of the molecule is COC(=O)c1ccc2c(c1)CN(C(=O)c1cc3n(n1)/C(c1ccc(OC)c(OC)c1)=C\C=C/CC3)CC2. The maximum Gasteiger partial charge on any atom is 0.337 e. The standard InChI is InChI=1S/C29H29N3O5/c1-35-26-12-11-20(16-27(26)36-2)25-8-6-4-5-7-23-17-24(30-32(23)25)28(33)31-14-13-19-9-10-21(29(34)37-3)15-22(19)18-31/h4,6,8-12,15-17H,5,7,13-14,18H2,1-3H3/b6-4-,25-8-. The van der Waals surface area contributed by atoms with Crippen LogP contribution in [0.5, 0.6) is 11.5 Å². The van der Waals surface area contributed by atoms with Crippen LogP contribution in [0.25, 0.3) is 5.70 Å². The first kappa shape index (κ1) is 24.4. The number of allylic oxidation sites excluding steroid dienone is 3. The molecule has 8 heteroatoms. The Morgan fingerprint density at radius 1 is 0.919 bits per heavy atom. The van der Waals surface area contributed by atoms with Gasteiger partial charge in [0.05, 0.1) is 32.6 Å². The van der Waals surface area contributed by atoms with Gasteiger partial charge in [0, 0.05) is 24.3 Å². The summed E-state index contributed by atoms with van der Waals surface area (Å²) in [7, 11) is 4.58. The van der Waals surface area contributed by atoms with Crippen LogP contribution in [0.2, 0.25) is 0 Å². The van der Waals surface area contributed by atoms with Crippen LogP contribution in [0.4, 0.5) is 0 Å². The molecule has 2 aliphatic rings. The van der Waals surface area contributed by atoms with Gasteiger partial charge in [-0.25, -0.2) is 9.48 Å². The van der Waals surface area contributed by atoms with Crippen LogP contribution >= 0.6 is 0 Å². The second-order valence-corrected chi connectivity index (χ2v) is 8.97. The van der Waals surface area contributed by atoms with Crippen molar-refractivity contribution >= 4 is 17.6 Å². The van der Waals surface area contributed by atoms with Gasteiger partial charge in [0.25, 0.3) is 5.91 Å². The Bertz CT molecular complexity index is 1420. The fourth-order valence-corrected chi connectivity index (χ4v) is 4.82. The molecule has 0 radical (unpaired) electrons. The van der Waals surface area contributed by atoms with Crippen molar-refractivity contribution in [1.29, 1.82) is 0 Å². The molecule has 2 aromatic carbocycles. The molecule has 2 aliphatic heterocycles. The molecule has 0 N–H and O–H groups in total. The zero-order valence-corrected chi connectivity index (χ0v) is 21.2. The van der Waals surface area contributed by atoms with Crippen LogP contribution in [-0.2, 0) is 24.1 Å². The highest BCUT2D eigenvalue weighted by Crippen LogP contribution is 2.32. The van der Waals surface area contributed by atoms with Gasteiger partial charge in [0.15, 0.2) is 17.2 Å². The molecular weight excluding hydrogens is 470 g/mol. The second kappa shape index (κ2) is 10.3. The Morgan fingerprint density at radius 2 is 1.76 bits per heavy atom. The fraction of sp³-hybridized carbons (Fsp3) is 0.276. The molecule has 37 heavy (non-hydrogen) atoms. The minimum absolute atomic E-state index is 0.131. The van der Waals surface area contributed by atoms with Crippen molar-refractivity contribution in [2.24, 2.45) is 0 Å². The number of amides is 1. The van der Waals surface area contributed by atoms with Crippen LogP contribution < -0.4 is 9.47 Å². The molecule has 1 amide bonds. The van der Waals surface area contributed by atoms with Gasteiger partial charge < -0.3 is 19.1 Å². The first-order valence-corrected chi connectivity index (χ1v) is 12.2. The van der Waals surface area contributed by atoms with Crippen molar-refractivity contribution in [3.63, 3.8) is 0 Å². The maximum atomic E-state index is 13.6. The number of aromatic nitrogens is 2. The van der Waals surface area contributed by atoms with Gasteiger partial charge in [-0.15, -0.1) is 0 Å². The van der Waals surface area contributed by atoms with E-state index in [1.54, 1.807) is 25.2 Å². The van der Waals surface area contributed by atoms with Crippen molar-refractivity contribution in [2.45, 2.75) is 25.8 Å². The van der Waals surface area contributed by atoms with Crippen LogP contribution in [0.3, 0.4) is 0 Å². The van der Waals surface area contributed by atoms with Crippen LogP contribution in [0.15, 0.2) is 60.7 Å². The van der Waals surface area contributed by atoms with E-state index in [4.69, 9.17) is 19.3 Å². The molecule has 0 aliphatic carbocycles. The maximum absolute atomic E-state index is 13.6. The summed E-state index contributed by atoms with van der Waals surface area (Å²) in [5.74, 6) is 0.747. The van der Waals surface area contributed by atoms with Crippen molar-refractivity contribution in [3.05, 3.63) is 94.3 Å². The average molecular weight is 500 g/mol. The molecule has 190 valence electrons. The van der Waals surface area contributed by atoms with E-state index in [0.29, 0.717) is 35.8 Å². The monoisotopic (exact) mass is 499 g/mol. The lowest BCUT2D eigenvalue weighted by Crippen LogP contribution is -2.36. The molecule has 0 atom stereocenters. The summed E-state index contributed by atoms with van der Waals surface area (Å²) in [5.41, 5.74) is 5.67. The van der Waals surface area contributed by atoms with Crippen molar-refractivity contribution in [3.8, 4) is 11.5 Å². The Balaban J connectivity index is 1.45. The van der Waals surface area contributed by atoms with Gasteiger partial charge in [-0.2, -0.15) is 5.10 Å². The number of rotatable bonds is 5. The lowest BCUT2D eigenvalue weighted by molar-refractivity contribution is 0.0600. The smallest absolute Gasteiger partial charge is 0.337 e. The summed E-state index contributed by atoms with van der Waals surface area (Å²) >= 11 is 0. The zero-order chi connectivity index (χ0) is 25.9. The second-order valence-electron chi connectivity index (χ2n) is 8.97. The van der Waals surface area contributed by atoms with Gasteiger partial charge in [0.2, 0.25) is 0 Å². The molecule has 1 aromatic heterocycles. The highest BCUT2D eigenvalue weighted by molar-refractivity contribution is 5.93. The lowest BCUT2D eigenvalue weighted by atomic mass is 9.97. The van der Waals surface area contributed by atoms with E-state index in [0.717, 1.165) is 47.3 Å². The third kappa shape index (κ3) is 4.74. The number of aryl methyl sites for hydroxylation is 1. The van der Waals surface area contributed by atoms with Gasteiger partial charge in [-0.1, -0.05) is 18.2 Å². The molecule has 0 unspecified atom stereocenters. The van der Waals surface area contributed by atoms with Gasteiger partial charge >= 0.3 is 5.97 Å². The number of ether oxygens (including phenoxy) is 3. The zero-order valence-electron chi connectivity index (χ0n) is 21.2. The Morgan fingerprint density at radius 3 is 2.54 bits per heavy atom. The van der Waals surface area contributed by atoms with Gasteiger partial charge in [-0.05, 0) is 72.9 Å². The first-order valence-electron chi connectivity index (χ1n) is 12.2. The Kier molecular flexibility index (Phi) is 6.81. The van der Waals surface area contributed by atoms with Gasteiger partial charge in [0.1, 0.15) is 0 Å². The van der Waals surface area contributed by atoms with Gasteiger partial charge in [-0.3, -0.25) is 4.79 Å². The third-order valence-corrected chi connectivity index (χ3v) is 6.79. The van der Waals surface area contributed by atoms with Crippen molar-refractivity contribution in [1.82, 2.24) is 14.7 Å². The lowest BCUT2D eigenvalue weighted by Gasteiger charge is -2.28. The summed E-state index contributed by atoms with van der Waals surface area (Å²) < 4.78 is 17.6. The summed E-state index contributed by atoms with van der Waals surface area (Å²) in [5, 5.41) is 4.78. The van der Waals surface area contributed by atoms with E-state index >= 15 is 0 Å². The van der Waals surface area contributed by atoms with E-state index in [-0.39, 0.29) is 11.9 Å². The molecule has 0 bridgehead atoms. The Labute approximate surface area is 215 Å². The molecule has 0 saturated heterocycles. The summed E-state index contributed by atoms with van der Waals surface area (Å²) in [6.45, 7) is 1.01. The predicted molar refractivity (Wildman–Crippen MR) is 139 cm³/mol. The molecule has 8 nitrogen and oxygen atoms in total. The average Bonchev–Trinajstić information content (AvgIpc) is 3.34. The van der Waals surface area contributed by atoms with Crippen molar-refractivity contribution < 1.29 is 23.8 Å². The molecule has 0 fully saturated rings. The molecule has 0 spiro atoms. The molecular formula is C29H29N3O5. The number of hydrogen-bond acceptors (Lipinski definition) is 6. The third-order valence-electron chi connectivity index (χ3n) is 6.79. The molecule has 5 rings (SSSR count). The number of fused-ring (bicyclic) bond motifs is 2. The molecule has 0 saturated carbocycles. The highest BCUT2D eigenvalue weighted by Gasteiger charge is 2.26. The number of carbonyl (C=O) groups excluding carboxylic acids is 2. The quantitative estimate of drug-likeness (QED) is 0.488. The number of hydrogen-bond donors (Lipinski definition) is 0. The van der Waals surface area contributed by atoms with Crippen LogP contribution in [0, 0.1) is 0 Å². The predicted octanol–water partition coefficient (Wildman–Crippen LogP) is 4.28. The van der Waals surface area contributed by atoms with E-state index in [2.05, 4.69) is 6.08 Å². The number of carbonyl (C=O) groups is 2. The van der Waals surface area contributed by atoms with E-state index in [9.17, 15) is 9.59 Å².